The first-order valence-electron chi connectivity index (χ1n) is 13.5. The standard InChI is InChI=1S/C27H32F3N5O4/c28-27(29,30)39-20-6-4-18(5-7-20)26(35-10-8-19(9-11-35)34-12-14-38-15-13-34)16-21(25(36)37)31-24-22(26)23(32-33-24)17-2-1-3-17/h4-7,16-17,19H,1-3,8-15H2,(H,36,37)(H2,31,32,33). The van der Waals surface area contributed by atoms with Crippen LogP contribution in [0.2, 0.25) is 0 Å². The maximum Gasteiger partial charge on any atom is 0.573 e. The number of ether oxygens (including phenoxy) is 2. The summed E-state index contributed by atoms with van der Waals surface area (Å²) in [5, 5.41) is 20.7. The number of aromatic amines is 1. The van der Waals surface area contributed by atoms with Crippen LogP contribution < -0.4 is 10.1 Å². The highest BCUT2D eigenvalue weighted by molar-refractivity contribution is 5.92. The molecule has 12 heteroatoms. The molecule has 1 unspecified atom stereocenters. The van der Waals surface area contributed by atoms with Gasteiger partial charge in [-0.2, -0.15) is 5.10 Å². The van der Waals surface area contributed by atoms with E-state index >= 15 is 0 Å². The van der Waals surface area contributed by atoms with E-state index in [0.717, 1.165) is 69.7 Å². The molecular formula is C27H32F3N5O4. The number of piperidine rings is 1. The predicted octanol–water partition coefficient (Wildman–Crippen LogP) is 4.01. The Morgan fingerprint density at radius 1 is 1.08 bits per heavy atom. The Morgan fingerprint density at radius 3 is 2.36 bits per heavy atom. The zero-order chi connectivity index (χ0) is 27.2. The van der Waals surface area contributed by atoms with Gasteiger partial charge in [-0.1, -0.05) is 18.6 Å². The molecule has 1 atom stereocenters. The molecule has 210 valence electrons. The fourth-order valence-corrected chi connectivity index (χ4v) is 6.48. The number of nitrogens with zero attached hydrogens (tertiary/aromatic N) is 3. The second kappa shape index (κ2) is 10.1. The maximum atomic E-state index is 12.9. The predicted molar refractivity (Wildman–Crippen MR) is 135 cm³/mol. The Kier molecular flexibility index (Phi) is 6.80. The van der Waals surface area contributed by atoms with E-state index in [4.69, 9.17) is 4.74 Å². The summed E-state index contributed by atoms with van der Waals surface area (Å²) in [4.78, 5) is 17.0. The highest BCUT2D eigenvalue weighted by Gasteiger charge is 2.49. The van der Waals surface area contributed by atoms with E-state index in [-0.39, 0.29) is 17.4 Å². The number of halogens is 3. The highest BCUT2D eigenvalue weighted by Crippen LogP contribution is 2.51. The van der Waals surface area contributed by atoms with E-state index in [1.165, 1.54) is 12.1 Å². The van der Waals surface area contributed by atoms with Gasteiger partial charge in [0, 0.05) is 49.4 Å². The second-order valence-corrected chi connectivity index (χ2v) is 10.7. The number of fused-ring (bicyclic) bond motifs is 1. The number of aliphatic carboxylic acids is 1. The minimum Gasteiger partial charge on any atom is -0.477 e. The van der Waals surface area contributed by atoms with E-state index in [1.807, 2.05) is 0 Å². The number of carboxylic acids is 1. The fourth-order valence-electron chi connectivity index (χ4n) is 6.48. The molecule has 0 radical (unpaired) electrons. The molecule has 0 bridgehead atoms. The van der Waals surface area contributed by atoms with E-state index in [2.05, 4.69) is 30.1 Å². The van der Waals surface area contributed by atoms with Crippen molar-refractivity contribution in [3.8, 4) is 5.75 Å². The minimum atomic E-state index is -4.80. The largest absolute Gasteiger partial charge is 0.573 e. The van der Waals surface area contributed by atoms with Gasteiger partial charge in [-0.3, -0.25) is 14.9 Å². The van der Waals surface area contributed by atoms with Crippen LogP contribution in [-0.2, 0) is 15.1 Å². The van der Waals surface area contributed by atoms with Crippen LogP contribution in [0.15, 0.2) is 36.0 Å². The van der Waals surface area contributed by atoms with Crippen molar-refractivity contribution in [3.63, 3.8) is 0 Å². The lowest BCUT2D eigenvalue weighted by molar-refractivity contribution is -0.274. The molecule has 9 nitrogen and oxygen atoms in total. The van der Waals surface area contributed by atoms with Crippen LogP contribution in [0, 0.1) is 0 Å². The number of alkyl halides is 3. The lowest BCUT2D eigenvalue weighted by Crippen LogP contribution is -2.55. The van der Waals surface area contributed by atoms with Crippen molar-refractivity contribution in [2.75, 3.05) is 44.7 Å². The number of morpholine rings is 1. The Bertz CT molecular complexity index is 1230. The van der Waals surface area contributed by atoms with Gasteiger partial charge in [0.2, 0.25) is 0 Å². The topological polar surface area (TPSA) is 103 Å². The Hall–Kier alpha value is -3.09. The van der Waals surface area contributed by atoms with Crippen LogP contribution in [0.25, 0.3) is 0 Å². The summed E-state index contributed by atoms with van der Waals surface area (Å²) in [6.45, 7) is 4.58. The quantitative estimate of drug-likeness (QED) is 0.499. The molecule has 3 N–H and O–H groups in total. The van der Waals surface area contributed by atoms with Crippen LogP contribution in [0.3, 0.4) is 0 Å². The van der Waals surface area contributed by atoms with E-state index in [1.54, 1.807) is 18.2 Å². The number of rotatable bonds is 6. The van der Waals surface area contributed by atoms with E-state index in [9.17, 15) is 23.1 Å². The third kappa shape index (κ3) is 4.89. The third-order valence-corrected chi connectivity index (χ3v) is 8.58. The monoisotopic (exact) mass is 547 g/mol. The first-order valence-corrected chi connectivity index (χ1v) is 13.5. The molecule has 1 aromatic carbocycles. The number of aromatic nitrogens is 2. The SMILES string of the molecule is O=C(O)C1=CC(c2ccc(OC(F)(F)F)cc2)(N2CCC(N3CCOCC3)CC2)c2c(n[nH]c2C2CCC2)N1. The van der Waals surface area contributed by atoms with Crippen LogP contribution in [-0.4, -0.2) is 82.9 Å². The third-order valence-electron chi connectivity index (χ3n) is 8.58. The van der Waals surface area contributed by atoms with Crippen molar-refractivity contribution in [1.82, 2.24) is 20.0 Å². The molecule has 4 aliphatic rings. The zero-order valence-corrected chi connectivity index (χ0v) is 21.5. The fraction of sp³-hybridized carbons (Fsp3) is 0.556. The van der Waals surface area contributed by atoms with Gasteiger partial charge in [0.05, 0.1) is 18.8 Å². The number of anilines is 1. The van der Waals surface area contributed by atoms with Gasteiger partial charge in [0.15, 0.2) is 5.82 Å². The molecule has 3 fully saturated rings. The van der Waals surface area contributed by atoms with Gasteiger partial charge in [-0.05, 0) is 49.5 Å². The van der Waals surface area contributed by atoms with Crippen LogP contribution in [0.1, 0.15) is 54.8 Å². The molecule has 1 aromatic heterocycles. The normalized spacial score (nSPS) is 25.4. The van der Waals surface area contributed by atoms with Crippen molar-refractivity contribution in [3.05, 3.63) is 52.9 Å². The number of hydrogen-bond donors (Lipinski definition) is 3. The molecule has 2 aromatic rings. The molecule has 1 saturated carbocycles. The minimum absolute atomic E-state index is 0.0138. The first-order chi connectivity index (χ1) is 18.7. The summed E-state index contributed by atoms with van der Waals surface area (Å²) >= 11 is 0. The zero-order valence-electron chi connectivity index (χ0n) is 21.5. The summed E-state index contributed by atoms with van der Waals surface area (Å²) in [7, 11) is 0. The number of H-pyrrole nitrogens is 1. The van der Waals surface area contributed by atoms with Crippen LogP contribution in [0.5, 0.6) is 5.75 Å². The molecule has 6 rings (SSSR count). The van der Waals surface area contributed by atoms with Gasteiger partial charge >= 0.3 is 12.3 Å². The number of hydrogen-bond acceptors (Lipinski definition) is 7. The molecule has 4 heterocycles. The number of likely N-dealkylation sites (tertiary alicyclic amines) is 1. The van der Waals surface area contributed by atoms with Gasteiger partial charge in [0.1, 0.15) is 11.4 Å². The van der Waals surface area contributed by atoms with Gasteiger partial charge in [0.25, 0.3) is 0 Å². The lowest BCUT2D eigenvalue weighted by atomic mass is 9.72. The van der Waals surface area contributed by atoms with Crippen molar-refractivity contribution in [1.29, 1.82) is 0 Å². The van der Waals surface area contributed by atoms with Gasteiger partial charge in [-0.15, -0.1) is 13.2 Å². The molecule has 1 aliphatic carbocycles. The van der Waals surface area contributed by atoms with Crippen LogP contribution in [0.4, 0.5) is 19.0 Å². The number of nitrogens with one attached hydrogen (secondary N) is 2. The van der Waals surface area contributed by atoms with Crippen molar-refractivity contribution in [2.24, 2.45) is 0 Å². The number of carboxylic acid groups (broad SMARTS) is 1. The lowest BCUT2D eigenvalue weighted by Gasteiger charge is -2.50. The smallest absolute Gasteiger partial charge is 0.477 e. The number of carbonyl (C=O) groups is 1. The Labute approximate surface area is 223 Å². The summed E-state index contributed by atoms with van der Waals surface area (Å²) in [5.41, 5.74) is 1.44. The average molecular weight is 548 g/mol. The Balaban J connectivity index is 1.43. The van der Waals surface area contributed by atoms with Crippen molar-refractivity contribution >= 4 is 11.8 Å². The van der Waals surface area contributed by atoms with Gasteiger partial charge in [-0.25, -0.2) is 4.79 Å². The van der Waals surface area contributed by atoms with Crippen molar-refractivity contribution in [2.45, 2.75) is 56.0 Å². The Morgan fingerprint density at radius 2 is 1.77 bits per heavy atom. The molecule has 39 heavy (non-hydrogen) atoms. The maximum absolute atomic E-state index is 12.9. The second-order valence-electron chi connectivity index (χ2n) is 10.7. The van der Waals surface area contributed by atoms with Crippen LogP contribution >= 0.6 is 0 Å². The van der Waals surface area contributed by atoms with E-state index < -0.39 is 17.9 Å². The summed E-state index contributed by atoms with van der Waals surface area (Å²) in [6, 6.07) is 6.20. The molecule has 0 amide bonds. The molecule has 0 spiro atoms. The summed E-state index contributed by atoms with van der Waals surface area (Å²) < 4.78 is 48.4. The van der Waals surface area contributed by atoms with Crippen molar-refractivity contribution < 1.29 is 32.5 Å². The summed E-state index contributed by atoms with van der Waals surface area (Å²) in [5.74, 6) is -0.738. The molecule has 2 saturated heterocycles. The summed E-state index contributed by atoms with van der Waals surface area (Å²) in [6.07, 6.45) is 1.77. The van der Waals surface area contributed by atoms with E-state index in [0.29, 0.717) is 30.5 Å². The molecular weight excluding hydrogens is 515 g/mol. The molecule has 3 aliphatic heterocycles. The highest BCUT2D eigenvalue weighted by atomic mass is 19.4. The first kappa shape index (κ1) is 26.1. The number of benzene rings is 1. The average Bonchev–Trinajstić information content (AvgIpc) is 3.31. The van der Waals surface area contributed by atoms with Gasteiger partial charge < -0.3 is 19.9 Å².